The molecule has 1 fully saturated rings. The quantitative estimate of drug-likeness (QED) is 0.745. The average molecular weight is 316 g/mol. The molecule has 0 radical (unpaired) electrons. The number of nitrogens with zero attached hydrogens (tertiary/aromatic N) is 4. The molecule has 0 aliphatic carbocycles. The van der Waals surface area contributed by atoms with E-state index in [0.717, 1.165) is 11.4 Å². The molecule has 23 heavy (non-hydrogen) atoms. The van der Waals surface area contributed by atoms with Crippen LogP contribution in [0, 0.1) is 13.5 Å². The fraction of sp³-hybridized carbons (Fsp3) is 0.588. The van der Waals surface area contributed by atoms with Gasteiger partial charge in [0.25, 0.3) is 0 Å². The molecule has 0 aromatic carbocycles. The first kappa shape index (κ1) is 17.1. The second-order valence-electron chi connectivity index (χ2n) is 6.91. The molecular formula is C17H24N4O2. The van der Waals surface area contributed by atoms with Crippen molar-refractivity contribution in [3.63, 3.8) is 0 Å². The fourth-order valence-corrected chi connectivity index (χ4v) is 2.69. The van der Waals surface area contributed by atoms with Gasteiger partial charge in [-0.05, 0) is 46.2 Å². The van der Waals surface area contributed by atoms with Crippen LogP contribution in [0.15, 0.2) is 12.3 Å². The van der Waals surface area contributed by atoms with E-state index >= 15 is 0 Å². The number of aryl methyl sites for hydroxylation is 1. The molecule has 6 heteroatoms. The smallest absolute Gasteiger partial charge is 0.410 e. The molecule has 0 unspecified atom stereocenters. The highest BCUT2D eigenvalue weighted by Gasteiger charge is 2.31. The lowest BCUT2D eigenvalue weighted by molar-refractivity contribution is 0.0158. The van der Waals surface area contributed by atoms with Crippen molar-refractivity contribution in [2.45, 2.75) is 46.3 Å². The number of hydrogen-bond acceptors (Lipinski definition) is 4. The first-order valence-corrected chi connectivity index (χ1v) is 7.80. The lowest BCUT2D eigenvalue weighted by atomic mass is 10.1. The first-order chi connectivity index (χ1) is 10.7. The van der Waals surface area contributed by atoms with Crippen LogP contribution in [-0.2, 0) is 4.74 Å². The Morgan fingerprint density at radius 1 is 1.43 bits per heavy atom. The molecule has 0 N–H and O–H groups in total. The molecular weight excluding hydrogens is 292 g/mol. The minimum atomic E-state index is -0.484. The number of carbonyl (C=O) groups excluding carboxylic acids is 1. The van der Waals surface area contributed by atoms with Gasteiger partial charge in [0.2, 0.25) is 5.69 Å². The SMILES string of the molecule is [C-]#[N+]c1cnc(N2CCN(C(=O)OC(C)(C)C)[C@H](C)C2)c(C)c1. The largest absolute Gasteiger partial charge is 0.444 e. The van der Waals surface area contributed by atoms with Gasteiger partial charge in [0.1, 0.15) is 11.4 Å². The van der Waals surface area contributed by atoms with E-state index in [1.54, 1.807) is 11.1 Å². The summed E-state index contributed by atoms with van der Waals surface area (Å²) in [6.07, 6.45) is 1.33. The topological polar surface area (TPSA) is 50.0 Å². The summed E-state index contributed by atoms with van der Waals surface area (Å²) in [4.78, 5) is 24.0. The molecule has 2 rings (SSSR count). The highest BCUT2D eigenvalue weighted by atomic mass is 16.6. The summed E-state index contributed by atoms with van der Waals surface area (Å²) in [6, 6.07) is 1.89. The highest BCUT2D eigenvalue weighted by Crippen LogP contribution is 2.25. The van der Waals surface area contributed by atoms with Crippen molar-refractivity contribution >= 4 is 17.6 Å². The maximum atomic E-state index is 12.3. The van der Waals surface area contributed by atoms with Crippen LogP contribution in [0.5, 0.6) is 0 Å². The number of carbonyl (C=O) groups is 1. The van der Waals surface area contributed by atoms with Crippen LogP contribution in [0.25, 0.3) is 4.85 Å². The van der Waals surface area contributed by atoms with Crippen molar-refractivity contribution in [3.8, 4) is 0 Å². The van der Waals surface area contributed by atoms with Crippen molar-refractivity contribution < 1.29 is 9.53 Å². The number of hydrogen-bond donors (Lipinski definition) is 0. The average Bonchev–Trinajstić information content (AvgIpc) is 2.44. The first-order valence-electron chi connectivity index (χ1n) is 7.80. The van der Waals surface area contributed by atoms with Crippen molar-refractivity contribution in [1.82, 2.24) is 9.88 Å². The zero-order valence-electron chi connectivity index (χ0n) is 14.5. The third-order valence-electron chi connectivity index (χ3n) is 3.72. The Morgan fingerprint density at radius 3 is 2.65 bits per heavy atom. The minimum Gasteiger partial charge on any atom is -0.444 e. The lowest BCUT2D eigenvalue weighted by Gasteiger charge is -2.41. The number of rotatable bonds is 1. The molecule has 1 aliphatic heterocycles. The van der Waals surface area contributed by atoms with Crippen LogP contribution in [0.3, 0.4) is 0 Å². The van der Waals surface area contributed by atoms with E-state index in [1.165, 1.54) is 0 Å². The van der Waals surface area contributed by atoms with Crippen LogP contribution >= 0.6 is 0 Å². The van der Waals surface area contributed by atoms with E-state index in [0.29, 0.717) is 25.3 Å². The van der Waals surface area contributed by atoms with E-state index in [1.807, 2.05) is 40.7 Å². The Balaban J connectivity index is 2.07. The molecule has 0 saturated carbocycles. The van der Waals surface area contributed by atoms with Crippen molar-refractivity contribution in [1.29, 1.82) is 0 Å². The van der Waals surface area contributed by atoms with Gasteiger partial charge in [0.05, 0.1) is 6.57 Å². The van der Waals surface area contributed by atoms with E-state index in [9.17, 15) is 4.79 Å². The Hall–Kier alpha value is -2.29. The van der Waals surface area contributed by atoms with Crippen LogP contribution in [-0.4, -0.2) is 47.3 Å². The number of pyridine rings is 1. The number of ether oxygens (including phenoxy) is 1. The van der Waals surface area contributed by atoms with Crippen LogP contribution in [0.1, 0.15) is 33.3 Å². The number of aromatic nitrogens is 1. The Kier molecular flexibility index (Phi) is 4.79. The molecule has 124 valence electrons. The monoisotopic (exact) mass is 316 g/mol. The zero-order chi connectivity index (χ0) is 17.2. The third-order valence-corrected chi connectivity index (χ3v) is 3.72. The normalized spacial score (nSPS) is 18.5. The fourth-order valence-electron chi connectivity index (χ4n) is 2.69. The van der Waals surface area contributed by atoms with Gasteiger partial charge in [-0.25, -0.2) is 9.64 Å². The molecule has 6 nitrogen and oxygen atoms in total. The van der Waals surface area contributed by atoms with Gasteiger partial charge in [-0.15, -0.1) is 0 Å². The van der Waals surface area contributed by atoms with Gasteiger partial charge in [-0.3, -0.25) is 4.98 Å². The summed E-state index contributed by atoms with van der Waals surface area (Å²) in [5.74, 6) is 0.882. The molecule has 0 spiro atoms. The lowest BCUT2D eigenvalue weighted by Crippen LogP contribution is -2.55. The number of anilines is 1. The maximum absolute atomic E-state index is 12.3. The summed E-state index contributed by atoms with van der Waals surface area (Å²) < 4.78 is 5.46. The van der Waals surface area contributed by atoms with Gasteiger partial charge < -0.3 is 14.5 Å². The minimum absolute atomic E-state index is 0.0420. The molecule has 1 atom stereocenters. The van der Waals surface area contributed by atoms with E-state index in [4.69, 9.17) is 11.3 Å². The van der Waals surface area contributed by atoms with Gasteiger partial charge in [-0.1, -0.05) is 0 Å². The van der Waals surface area contributed by atoms with Gasteiger partial charge >= 0.3 is 6.09 Å². The summed E-state index contributed by atoms with van der Waals surface area (Å²) >= 11 is 0. The third kappa shape index (κ3) is 4.13. The molecule has 2 heterocycles. The standard InChI is InChI=1S/C17H24N4O2/c1-12-9-14(18-6)10-19-15(12)20-7-8-21(13(2)11-20)16(22)23-17(3,4)5/h9-10,13H,7-8,11H2,1-5H3/t13-/m1/s1. The molecule has 1 aromatic rings. The summed E-state index contributed by atoms with van der Waals surface area (Å²) in [5.41, 5.74) is 1.05. The van der Waals surface area contributed by atoms with E-state index in [-0.39, 0.29) is 12.1 Å². The van der Waals surface area contributed by atoms with Gasteiger partial charge in [0.15, 0.2) is 0 Å². The zero-order valence-corrected chi connectivity index (χ0v) is 14.5. The van der Waals surface area contributed by atoms with Crippen LogP contribution in [0.4, 0.5) is 16.3 Å². The molecule has 1 aromatic heterocycles. The predicted molar refractivity (Wildman–Crippen MR) is 89.9 cm³/mol. The number of amides is 1. The van der Waals surface area contributed by atoms with Crippen LogP contribution in [0.2, 0.25) is 0 Å². The Bertz CT molecular complexity index is 630. The summed E-state index contributed by atoms with van der Waals surface area (Å²) in [6.45, 7) is 18.6. The van der Waals surface area contributed by atoms with Gasteiger partial charge in [-0.2, -0.15) is 0 Å². The number of piperazine rings is 1. The van der Waals surface area contributed by atoms with Crippen LogP contribution < -0.4 is 4.90 Å². The van der Waals surface area contributed by atoms with Crippen molar-refractivity contribution in [2.24, 2.45) is 0 Å². The molecule has 1 aliphatic rings. The maximum Gasteiger partial charge on any atom is 0.410 e. The molecule has 0 bridgehead atoms. The highest BCUT2D eigenvalue weighted by molar-refractivity contribution is 5.69. The van der Waals surface area contributed by atoms with Crippen molar-refractivity contribution in [3.05, 3.63) is 29.2 Å². The second kappa shape index (κ2) is 6.45. The van der Waals surface area contributed by atoms with E-state index < -0.39 is 5.60 Å². The summed E-state index contributed by atoms with van der Waals surface area (Å²) in [7, 11) is 0. The Morgan fingerprint density at radius 2 is 2.13 bits per heavy atom. The second-order valence-corrected chi connectivity index (χ2v) is 6.91. The molecule has 1 amide bonds. The Labute approximate surface area is 137 Å². The summed E-state index contributed by atoms with van der Waals surface area (Å²) in [5, 5.41) is 0. The van der Waals surface area contributed by atoms with E-state index in [2.05, 4.69) is 14.7 Å². The predicted octanol–water partition coefficient (Wildman–Crippen LogP) is 3.39. The van der Waals surface area contributed by atoms with Gasteiger partial charge in [0, 0.05) is 31.9 Å². The molecule has 1 saturated heterocycles. The van der Waals surface area contributed by atoms with Crippen molar-refractivity contribution in [2.75, 3.05) is 24.5 Å².